The zero-order chi connectivity index (χ0) is 17.5. The Balaban J connectivity index is 1.78. The largest absolute Gasteiger partial charge is 0.483 e. The van der Waals surface area contributed by atoms with Gasteiger partial charge in [0, 0.05) is 38.5 Å². The minimum atomic E-state index is -0.0382. The molecule has 6 heteroatoms. The maximum atomic E-state index is 12.3. The molecule has 1 aromatic rings. The normalized spacial score (nSPS) is 14.6. The first-order valence-electron chi connectivity index (χ1n) is 8.33. The zero-order valence-electron chi connectivity index (χ0n) is 14.4. The maximum absolute atomic E-state index is 12.3. The minimum Gasteiger partial charge on any atom is -0.483 e. The highest BCUT2D eigenvalue weighted by molar-refractivity contribution is 6.17. The SMILES string of the molecule is Cc1cccc(OCC(=O)N2CCN(C(=O)CCCCl)CC2)c1C. The van der Waals surface area contributed by atoms with Gasteiger partial charge in [-0.25, -0.2) is 0 Å². The van der Waals surface area contributed by atoms with Crippen LogP contribution in [-0.4, -0.2) is 60.3 Å². The molecule has 0 unspecified atom stereocenters. The number of aryl methyl sites for hydroxylation is 1. The van der Waals surface area contributed by atoms with Crippen molar-refractivity contribution in [1.29, 1.82) is 0 Å². The summed E-state index contributed by atoms with van der Waals surface area (Å²) in [5.74, 6) is 1.33. The number of carbonyl (C=O) groups excluding carboxylic acids is 2. The molecule has 0 N–H and O–H groups in total. The summed E-state index contributed by atoms with van der Waals surface area (Å²) in [6.07, 6.45) is 1.18. The summed E-state index contributed by atoms with van der Waals surface area (Å²) in [7, 11) is 0. The predicted octanol–water partition coefficient (Wildman–Crippen LogP) is 2.37. The smallest absolute Gasteiger partial charge is 0.260 e. The van der Waals surface area contributed by atoms with Crippen molar-refractivity contribution in [2.75, 3.05) is 38.7 Å². The van der Waals surface area contributed by atoms with Crippen molar-refractivity contribution in [1.82, 2.24) is 9.80 Å². The topological polar surface area (TPSA) is 49.9 Å². The van der Waals surface area contributed by atoms with E-state index in [9.17, 15) is 9.59 Å². The van der Waals surface area contributed by atoms with Crippen LogP contribution in [0.25, 0.3) is 0 Å². The molecule has 1 aliphatic heterocycles. The van der Waals surface area contributed by atoms with Crippen LogP contribution >= 0.6 is 11.6 Å². The number of benzene rings is 1. The number of hydrogen-bond donors (Lipinski definition) is 0. The Morgan fingerprint density at radius 2 is 1.71 bits per heavy atom. The van der Waals surface area contributed by atoms with E-state index in [1.165, 1.54) is 0 Å². The molecule has 0 aliphatic carbocycles. The number of rotatable bonds is 6. The number of amides is 2. The van der Waals surface area contributed by atoms with E-state index in [1.54, 1.807) is 4.90 Å². The Morgan fingerprint density at radius 3 is 2.33 bits per heavy atom. The summed E-state index contributed by atoms with van der Waals surface area (Å²) in [5.41, 5.74) is 2.20. The van der Waals surface area contributed by atoms with Gasteiger partial charge in [0.2, 0.25) is 5.91 Å². The Hall–Kier alpha value is -1.75. The molecule has 132 valence electrons. The van der Waals surface area contributed by atoms with Crippen molar-refractivity contribution >= 4 is 23.4 Å². The lowest BCUT2D eigenvalue weighted by atomic mass is 10.1. The molecular formula is C18H25ClN2O3. The van der Waals surface area contributed by atoms with Gasteiger partial charge in [-0.15, -0.1) is 11.6 Å². The first-order chi connectivity index (χ1) is 11.5. The van der Waals surface area contributed by atoms with Crippen molar-refractivity contribution in [2.24, 2.45) is 0 Å². The van der Waals surface area contributed by atoms with E-state index in [2.05, 4.69) is 0 Å². The van der Waals surface area contributed by atoms with Crippen LogP contribution in [0.2, 0.25) is 0 Å². The van der Waals surface area contributed by atoms with Crippen LogP contribution < -0.4 is 4.74 Å². The maximum Gasteiger partial charge on any atom is 0.260 e. The highest BCUT2D eigenvalue weighted by atomic mass is 35.5. The number of piperazine rings is 1. The molecule has 1 aromatic carbocycles. The molecule has 2 rings (SSSR count). The van der Waals surface area contributed by atoms with Crippen LogP contribution in [-0.2, 0) is 9.59 Å². The van der Waals surface area contributed by atoms with Crippen molar-refractivity contribution in [2.45, 2.75) is 26.7 Å². The van der Waals surface area contributed by atoms with Gasteiger partial charge in [-0.3, -0.25) is 9.59 Å². The minimum absolute atomic E-state index is 0.0322. The second-order valence-corrected chi connectivity index (χ2v) is 6.42. The highest BCUT2D eigenvalue weighted by Gasteiger charge is 2.24. The van der Waals surface area contributed by atoms with Crippen LogP contribution in [0.5, 0.6) is 5.75 Å². The molecule has 0 saturated carbocycles. The summed E-state index contributed by atoms with van der Waals surface area (Å²) in [4.78, 5) is 27.8. The molecule has 0 bridgehead atoms. The molecule has 1 saturated heterocycles. The van der Waals surface area contributed by atoms with Gasteiger partial charge >= 0.3 is 0 Å². The Labute approximate surface area is 148 Å². The second-order valence-electron chi connectivity index (χ2n) is 6.04. The van der Waals surface area contributed by atoms with Crippen LogP contribution in [0.3, 0.4) is 0 Å². The summed E-state index contributed by atoms with van der Waals surface area (Å²) in [6.45, 7) is 6.31. The number of nitrogens with zero attached hydrogens (tertiary/aromatic N) is 2. The van der Waals surface area contributed by atoms with Gasteiger partial charge in [-0.2, -0.15) is 0 Å². The van der Waals surface area contributed by atoms with E-state index in [0.717, 1.165) is 16.9 Å². The molecule has 24 heavy (non-hydrogen) atoms. The Morgan fingerprint density at radius 1 is 1.08 bits per heavy atom. The summed E-state index contributed by atoms with van der Waals surface area (Å²) < 4.78 is 5.67. The van der Waals surface area contributed by atoms with E-state index in [0.29, 0.717) is 44.9 Å². The predicted molar refractivity (Wildman–Crippen MR) is 94.5 cm³/mol. The highest BCUT2D eigenvalue weighted by Crippen LogP contribution is 2.20. The molecule has 0 atom stereocenters. The van der Waals surface area contributed by atoms with E-state index in [4.69, 9.17) is 16.3 Å². The van der Waals surface area contributed by atoms with E-state index in [1.807, 2.05) is 36.9 Å². The number of halogens is 1. The summed E-state index contributed by atoms with van der Waals surface area (Å²) >= 11 is 5.62. The van der Waals surface area contributed by atoms with E-state index < -0.39 is 0 Å². The Kier molecular flexibility index (Phi) is 6.91. The zero-order valence-corrected chi connectivity index (χ0v) is 15.1. The first-order valence-corrected chi connectivity index (χ1v) is 8.87. The molecular weight excluding hydrogens is 328 g/mol. The van der Waals surface area contributed by atoms with Gasteiger partial charge in [0.1, 0.15) is 5.75 Å². The van der Waals surface area contributed by atoms with Crippen LogP contribution in [0.4, 0.5) is 0 Å². The summed E-state index contributed by atoms with van der Waals surface area (Å²) in [6, 6.07) is 5.82. The molecule has 0 aromatic heterocycles. The lowest BCUT2D eigenvalue weighted by Crippen LogP contribution is -2.51. The fourth-order valence-electron chi connectivity index (χ4n) is 2.69. The van der Waals surface area contributed by atoms with E-state index in [-0.39, 0.29) is 18.4 Å². The van der Waals surface area contributed by atoms with Gasteiger partial charge < -0.3 is 14.5 Å². The fraction of sp³-hybridized carbons (Fsp3) is 0.556. The Bertz CT molecular complexity index is 584. The molecule has 1 heterocycles. The third kappa shape index (κ3) is 4.87. The lowest BCUT2D eigenvalue weighted by Gasteiger charge is -2.34. The molecule has 0 radical (unpaired) electrons. The monoisotopic (exact) mass is 352 g/mol. The number of carbonyl (C=O) groups is 2. The number of ether oxygens (including phenoxy) is 1. The lowest BCUT2D eigenvalue weighted by molar-refractivity contribution is -0.140. The van der Waals surface area contributed by atoms with Crippen molar-refractivity contribution < 1.29 is 14.3 Å². The van der Waals surface area contributed by atoms with Crippen LogP contribution in [0.15, 0.2) is 18.2 Å². The summed E-state index contributed by atoms with van der Waals surface area (Å²) in [5, 5.41) is 0. The molecule has 2 amide bonds. The first kappa shape index (κ1) is 18.6. The number of hydrogen-bond acceptors (Lipinski definition) is 3. The standard InChI is InChI=1S/C18H25ClN2O3/c1-14-5-3-6-16(15(14)2)24-13-18(23)21-11-9-20(10-12-21)17(22)7-4-8-19/h3,5-6H,4,7-13H2,1-2H3. The number of alkyl halides is 1. The van der Waals surface area contributed by atoms with Gasteiger partial charge in [0.25, 0.3) is 5.91 Å². The quantitative estimate of drug-likeness (QED) is 0.738. The average Bonchev–Trinajstić information content (AvgIpc) is 2.60. The van der Waals surface area contributed by atoms with Crippen LogP contribution in [0, 0.1) is 13.8 Å². The molecule has 1 aliphatic rings. The second kappa shape index (κ2) is 8.92. The van der Waals surface area contributed by atoms with Gasteiger partial charge in [0.05, 0.1) is 0 Å². The fourth-order valence-corrected chi connectivity index (χ4v) is 2.83. The van der Waals surface area contributed by atoms with Crippen molar-refractivity contribution in [3.8, 4) is 5.75 Å². The third-order valence-electron chi connectivity index (χ3n) is 4.42. The van der Waals surface area contributed by atoms with Gasteiger partial charge in [0.15, 0.2) is 6.61 Å². The van der Waals surface area contributed by atoms with E-state index >= 15 is 0 Å². The third-order valence-corrected chi connectivity index (χ3v) is 4.68. The van der Waals surface area contributed by atoms with Crippen LogP contribution in [0.1, 0.15) is 24.0 Å². The average molecular weight is 353 g/mol. The van der Waals surface area contributed by atoms with Crippen molar-refractivity contribution in [3.05, 3.63) is 29.3 Å². The molecule has 1 fully saturated rings. The molecule has 5 nitrogen and oxygen atoms in total. The molecule has 0 spiro atoms. The van der Waals surface area contributed by atoms with Crippen molar-refractivity contribution in [3.63, 3.8) is 0 Å². The van der Waals surface area contributed by atoms with Gasteiger partial charge in [-0.1, -0.05) is 12.1 Å². The van der Waals surface area contributed by atoms with Gasteiger partial charge in [-0.05, 0) is 37.5 Å².